The number of hydrogen-bond donors (Lipinski definition) is 0. The Hall–Kier alpha value is 0.490. The molecule has 5 heteroatoms. The molecule has 0 aliphatic carbocycles. The molecule has 2 aliphatic rings. The molecule has 2 unspecified atom stereocenters. The summed E-state index contributed by atoms with van der Waals surface area (Å²) >= 11 is 2.41. The van der Waals surface area contributed by atoms with Crippen molar-refractivity contribution in [1.29, 1.82) is 0 Å². The van der Waals surface area contributed by atoms with Crippen LogP contribution in [-0.4, -0.2) is 35.8 Å². The molecule has 0 aromatic heterocycles. The second-order valence-electron chi connectivity index (χ2n) is 4.56. The van der Waals surface area contributed by atoms with E-state index in [-0.39, 0.29) is 7.92 Å². The van der Waals surface area contributed by atoms with Gasteiger partial charge in [-0.15, -0.1) is 0 Å². The van der Waals surface area contributed by atoms with Crippen molar-refractivity contribution in [2.45, 2.75) is 18.1 Å². The SMILES string of the molecule is COc1ccc(P2CC3C[C@@H]2CN3SI)cc1. The number of benzene rings is 1. The fourth-order valence-corrected chi connectivity index (χ4v) is 8.12. The van der Waals surface area contributed by atoms with Crippen molar-refractivity contribution in [1.82, 2.24) is 4.31 Å². The molecule has 17 heavy (non-hydrogen) atoms. The van der Waals surface area contributed by atoms with Crippen LogP contribution >= 0.6 is 38.2 Å². The third-order valence-electron chi connectivity index (χ3n) is 3.68. The molecule has 2 fully saturated rings. The lowest BCUT2D eigenvalue weighted by atomic mass is 10.3. The first-order chi connectivity index (χ1) is 8.31. The second kappa shape index (κ2) is 5.24. The number of ether oxygens (including phenoxy) is 1. The molecule has 2 saturated heterocycles. The average Bonchev–Trinajstić information content (AvgIpc) is 2.98. The molecule has 0 radical (unpaired) electrons. The monoisotopic (exact) mass is 379 g/mol. The summed E-state index contributed by atoms with van der Waals surface area (Å²) in [4.78, 5) is 0. The summed E-state index contributed by atoms with van der Waals surface area (Å²) in [6, 6.07) is 9.58. The maximum absolute atomic E-state index is 5.22. The summed E-state index contributed by atoms with van der Waals surface area (Å²) < 4.78 is 7.79. The highest BCUT2D eigenvalue weighted by atomic mass is 127. The zero-order valence-electron chi connectivity index (χ0n) is 9.67. The third kappa shape index (κ3) is 2.34. The molecule has 92 valence electrons. The highest BCUT2D eigenvalue weighted by molar-refractivity contribution is 14.2. The van der Waals surface area contributed by atoms with E-state index >= 15 is 0 Å². The molecular formula is C12H15INOPS. The van der Waals surface area contributed by atoms with Crippen molar-refractivity contribution >= 4 is 43.6 Å². The first-order valence-corrected chi connectivity index (χ1v) is 10.7. The molecule has 2 nitrogen and oxygen atoms in total. The van der Waals surface area contributed by atoms with Crippen LogP contribution in [0.2, 0.25) is 0 Å². The first kappa shape index (κ1) is 12.5. The van der Waals surface area contributed by atoms with E-state index in [4.69, 9.17) is 4.74 Å². The minimum atomic E-state index is 0.0824. The molecule has 1 aromatic carbocycles. The largest absolute Gasteiger partial charge is 0.497 e. The second-order valence-corrected chi connectivity index (χ2v) is 8.90. The highest BCUT2D eigenvalue weighted by Gasteiger charge is 2.44. The fraction of sp³-hybridized carbons (Fsp3) is 0.500. The molecule has 0 spiro atoms. The predicted molar refractivity (Wildman–Crippen MR) is 84.9 cm³/mol. The lowest BCUT2D eigenvalue weighted by Crippen LogP contribution is -2.30. The van der Waals surface area contributed by atoms with Crippen molar-refractivity contribution in [2.75, 3.05) is 19.8 Å². The number of methoxy groups -OCH3 is 1. The minimum absolute atomic E-state index is 0.0824. The van der Waals surface area contributed by atoms with Gasteiger partial charge >= 0.3 is 0 Å². The van der Waals surface area contributed by atoms with Crippen molar-refractivity contribution in [3.63, 3.8) is 0 Å². The van der Waals surface area contributed by atoms with E-state index in [1.54, 1.807) is 12.4 Å². The van der Waals surface area contributed by atoms with Crippen molar-refractivity contribution in [3.05, 3.63) is 24.3 Å². The molecule has 2 heterocycles. The Labute approximate surface area is 120 Å². The van der Waals surface area contributed by atoms with E-state index in [0.29, 0.717) is 0 Å². The summed E-state index contributed by atoms with van der Waals surface area (Å²) in [5.74, 6) is 0.970. The van der Waals surface area contributed by atoms with E-state index in [1.165, 1.54) is 19.1 Å². The molecule has 2 bridgehead atoms. The Bertz CT molecular complexity index is 402. The molecule has 0 amide bonds. The predicted octanol–water partition coefficient (Wildman–Crippen LogP) is 3.26. The van der Waals surface area contributed by atoms with Crippen molar-refractivity contribution in [2.24, 2.45) is 0 Å². The van der Waals surface area contributed by atoms with Crippen LogP contribution in [0.25, 0.3) is 0 Å². The van der Waals surface area contributed by atoms with Gasteiger partial charge in [0.25, 0.3) is 0 Å². The fourth-order valence-electron chi connectivity index (χ4n) is 2.80. The summed E-state index contributed by atoms with van der Waals surface area (Å²) in [7, 11) is 3.70. The van der Waals surface area contributed by atoms with E-state index in [1.807, 2.05) is 9.12 Å². The Morgan fingerprint density at radius 3 is 2.71 bits per heavy atom. The van der Waals surface area contributed by atoms with E-state index in [9.17, 15) is 0 Å². The average molecular weight is 379 g/mol. The molecule has 2 aliphatic heterocycles. The zero-order valence-corrected chi connectivity index (χ0v) is 13.5. The lowest BCUT2D eigenvalue weighted by Gasteiger charge is -2.29. The third-order valence-corrected chi connectivity index (χ3v) is 8.86. The van der Waals surface area contributed by atoms with Gasteiger partial charge in [0.2, 0.25) is 0 Å². The minimum Gasteiger partial charge on any atom is -0.497 e. The molecule has 3 atom stereocenters. The normalized spacial score (nSPS) is 32.0. The Balaban J connectivity index is 1.74. The molecule has 3 rings (SSSR count). The smallest absolute Gasteiger partial charge is 0.118 e. The van der Waals surface area contributed by atoms with Crippen LogP contribution in [-0.2, 0) is 0 Å². The van der Waals surface area contributed by atoms with Gasteiger partial charge in [-0.1, -0.05) is 20.1 Å². The maximum atomic E-state index is 5.22. The number of hydrogen-bond acceptors (Lipinski definition) is 3. The van der Waals surface area contributed by atoms with Crippen LogP contribution < -0.4 is 10.0 Å². The highest BCUT2D eigenvalue weighted by Crippen LogP contribution is 2.56. The van der Waals surface area contributed by atoms with Gasteiger partial charge in [-0.2, -0.15) is 0 Å². The van der Waals surface area contributed by atoms with Gasteiger partial charge in [0.15, 0.2) is 0 Å². The molecular weight excluding hydrogens is 364 g/mol. The van der Waals surface area contributed by atoms with Crippen LogP contribution in [0.5, 0.6) is 5.75 Å². The Morgan fingerprint density at radius 2 is 2.18 bits per heavy atom. The quantitative estimate of drug-likeness (QED) is 0.455. The molecule has 0 N–H and O–H groups in total. The number of nitrogens with zero attached hydrogens (tertiary/aromatic N) is 1. The van der Waals surface area contributed by atoms with Crippen LogP contribution in [0.1, 0.15) is 6.42 Å². The molecule has 0 saturated carbocycles. The first-order valence-electron chi connectivity index (χ1n) is 5.78. The Morgan fingerprint density at radius 1 is 1.41 bits per heavy atom. The van der Waals surface area contributed by atoms with Gasteiger partial charge in [-0.25, -0.2) is 4.31 Å². The van der Waals surface area contributed by atoms with Crippen LogP contribution in [0.3, 0.4) is 0 Å². The van der Waals surface area contributed by atoms with Crippen LogP contribution in [0.4, 0.5) is 0 Å². The topological polar surface area (TPSA) is 12.5 Å². The summed E-state index contributed by atoms with van der Waals surface area (Å²) in [5.41, 5.74) is 0.922. The van der Waals surface area contributed by atoms with Crippen molar-refractivity contribution < 1.29 is 4.74 Å². The van der Waals surface area contributed by atoms with Crippen molar-refractivity contribution in [3.8, 4) is 5.75 Å². The lowest BCUT2D eigenvalue weighted by molar-refractivity contribution is 0.415. The van der Waals surface area contributed by atoms with Crippen LogP contribution in [0.15, 0.2) is 24.3 Å². The number of fused-ring (bicyclic) bond motifs is 2. The number of halogens is 1. The van der Waals surface area contributed by atoms with Gasteiger partial charge < -0.3 is 4.74 Å². The number of rotatable bonds is 3. The summed E-state index contributed by atoms with van der Waals surface area (Å²) in [5, 5.41) is 1.56. The van der Waals surface area contributed by atoms with Gasteiger partial charge in [0.1, 0.15) is 5.75 Å². The van der Waals surface area contributed by atoms with E-state index in [2.05, 4.69) is 49.8 Å². The van der Waals surface area contributed by atoms with E-state index in [0.717, 1.165) is 17.5 Å². The molecule has 1 aromatic rings. The van der Waals surface area contributed by atoms with Gasteiger partial charge in [0, 0.05) is 33.8 Å². The Kier molecular flexibility index (Phi) is 3.86. The van der Waals surface area contributed by atoms with E-state index < -0.39 is 0 Å². The van der Waals surface area contributed by atoms with Gasteiger partial charge in [-0.05, 0) is 44.8 Å². The van der Waals surface area contributed by atoms with Gasteiger partial charge in [-0.3, -0.25) is 0 Å². The standard InChI is InChI=1S/C12H15INOPS/c1-15-10-2-4-11(5-3-10)16-8-9-6-12(16)7-14(9)17-13/h2-5,9,12H,6-8H2,1H3/t9?,12-,16?/m1/s1. The summed E-state index contributed by atoms with van der Waals surface area (Å²) in [6.07, 6.45) is 2.80. The van der Waals surface area contributed by atoms with Crippen LogP contribution in [0, 0.1) is 0 Å². The zero-order chi connectivity index (χ0) is 11.8. The maximum Gasteiger partial charge on any atom is 0.118 e. The summed E-state index contributed by atoms with van der Waals surface area (Å²) in [6.45, 7) is 1.29. The van der Waals surface area contributed by atoms with Gasteiger partial charge in [0.05, 0.1) is 7.11 Å².